The van der Waals surface area contributed by atoms with E-state index in [-0.39, 0.29) is 5.41 Å². The van der Waals surface area contributed by atoms with Crippen molar-refractivity contribution in [3.8, 4) is 12.3 Å². The molecule has 0 radical (unpaired) electrons. The van der Waals surface area contributed by atoms with E-state index in [4.69, 9.17) is 6.42 Å². The Bertz CT molecular complexity index is 121. The third-order valence-electron chi connectivity index (χ3n) is 0.955. The van der Waals surface area contributed by atoms with Gasteiger partial charge in [0, 0.05) is 5.41 Å². The molecule has 0 saturated heterocycles. The smallest absolute Gasteiger partial charge is 0.0434 e. The summed E-state index contributed by atoms with van der Waals surface area (Å²) in [6.45, 7) is 5.99. The molecule has 0 unspecified atom stereocenters. The van der Waals surface area contributed by atoms with Crippen molar-refractivity contribution < 1.29 is 0 Å². The Labute approximate surface area is 51.6 Å². The molecule has 8 heavy (non-hydrogen) atoms. The van der Waals surface area contributed by atoms with E-state index in [1.54, 1.807) is 0 Å². The molecule has 0 spiro atoms. The highest BCUT2D eigenvalue weighted by molar-refractivity contribution is 5.11. The lowest BCUT2D eigenvalue weighted by atomic mass is 9.95. The molecule has 0 heteroatoms. The summed E-state index contributed by atoms with van der Waals surface area (Å²) in [6.07, 6.45) is 9.17. The Morgan fingerprint density at radius 3 is 2.12 bits per heavy atom. The number of hydrogen-bond donors (Lipinski definition) is 0. The summed E-state index contributed by atoms with van der Waals surface area (Å²) in [5.41, 5.74) is -0.0608. The average Bonchev–Trinajstić information content (AvgIpc) is 1.67. The molecule has 0 nitrogen and oxygen atoms in total. The summed E-state index contributed by atoms with van der Waals surface area (Å²) in [7, 11) is 0. The van der Waals surface area contributed by atoms with Gasteiger partial charge in [0.05, 0.1) is 0 Å². The molecule has 0 aliphatic rings. The number of allylic oxidation sites excluding steroid dienone is 2. The lowest BCUT2D eigenvalue weighted by molar-refractivity contribution is 0.655. The Balaban J connectivity index is 3.97. The van der Waals surface area contributed by atoms with Crippen LogP contribution in [0.5, 0.6) is 0 Å². The molecule has 0 aliphatic heterocycles. The SMILES string of the molecule is C#CC(C)(C)C=CC. The van der Waals surface area contributed by atoms with Gasteiger partial charge in [-0.3, -0.25) is 0 Å². The van der Waals surface area contributed by atoms with Gasteiger partial charge in [0.25, 0.3) is 0 Å². The van der Waals surface area contributed by atoms with Crippen molar-refractivity contribution >= 4 is 0 Å². The minimum Gasteiger partial charge on any atom is -0.119 e. The van der Waals surface area contributed by atoms with Crippen molar-refractivity contribution in [2.24, 2.45) is 5.41 Å². The summed E-state index contributed by atoms with van der Waals surface area (Å²) in [5, 5.41) is 0. The van der Waals surface area contributed by atoms with Crippen LogP contribution in [-0.2, 0) is 0 Å². The molecule has 0 bridgehead atoms. The van der Waals surface area contributed by atoms with Gasteiger partial charge in [-0.15, -0.1) is 6.42 Å². The van der Waals surface area contributed by atoms with Crippen LogP contribution in [0.2, 0.25) is 0 Å². The molecule has 0 atom stereocenters. The highest BCUT2D eigenvalue weighted by Gasteiger charge is 2.05. The normalized spacial score (nSPS) is 11.8. The maximum absolute atomic E-state index is 5.19. The van der Waals surface area contributed by atoms with Crippen LogP contribution in [0, 0.1) is 17.8 Å². The van der Waals surface area contributed by atoms with Gasteiger partial charge in [-0.2, -0.15) is 0 Å². The largest absolute Gasteiger partial charge is 0.119 e. The molecular weight excluding hydrogens is 96.1 g/mol. The lowest BCUT2D eigenvalue weighted by Gasteiger charge is -2.08. The van der Waals surface area contributed by atoms with Gasteiger partial charge in [-0.1, -0.05) is 18.1 Å². The topological polar surface area (TPSA) is 0 Å². The first kappa shape index (κ1) is 7.30. The monoisotopic (exact) mass is 108 g/mol. The third kappa shape index (κ3) is 2.47. The van der Waals surface area contributed by atoms with Crippen molar-refractivity contribution in [3.05, 3.63) is 12.2 Å². The Kier molecular flexibility index (Phi) is 2.34. The second kappa shape index (κ2) is 2.57. The van der Waals surface area contributed by atoms with Crippen molar-refractivity contribution in [2.75, 3.05) is 0 Å². The molecule has 0 aliphatic carbocycles. The first-order valence-electron chi connectivity index (χ1n) is 2.74. The third-order valence-corrected chi connectivity index (χ3v) is 0.955. The zero-order chi connectivity index (χ0) is 6.62. The Morgan fingerprint density at radius 2 is 2.00 bits per heavy atom. The van der Waals surface area contributed by atoms with Gasteiger partial charge < -0.3 is 0 Å². The van der Waals surface area contributed by atoms with E-state index in [0.717, 1.165) is 0 Å². The van der Waals surface area contributed by atoms with Crippen molar-refractivity contribution in [1.82, 2.24) is 0 Å². The summed E-state index contributed by atoms with van der Waals surface area (Å²) < 4.78 is 0. The maximum atomic E-state index is 5.19. The number of hydrogen-bond acceptors (Lipinski definition) is 0. The van der Waals surface area contributed by atoms with Crippen LogP contribution in [0.4, 0.5) is 0 Å². The zero-order valence-electron chi connectivity index (χ0n) is 5.73. The standard InChI is InChI=1S/C8H12/c1-5-7-8(3,4)6-2/h2,5,7H,1,3-4H3. The highest BCUT2D eigenvalue weighted by Crippen LogP contribution is 2.13. The second-order valence-electron chi connectivity index (χ2n) is 2.37. The van der Waals surface area contributed by atoms with Gasteiger partial charge in [0.15, 0.2) is 0 Å². The summed E-state index contributed by atoms with van der Waals surface area (Å²) in [6, 6.07) is 0. The van der Waals surface area contributed by atoms with Crippen LogP contribution in [0.15, 0.2) is 12.2 Å². The van der Waals surface area contributed by atoms with E-state index >= 15 is 0 Å². The van der Waals surface area contributed by atoms with Gasteiger partial charge in [-0.25, -0.2) is 0 Å². The molecule has 0 aromatic carbocycles. The number of terminal acetylenes is 1. The van der Waals surface area contributed by atoms with Crippen LogP contribution in [0.25, 0.3) is 0 Å². The van der Waals surface area contributed by atoms with E-state index in [9.17, 15) is 0 Å². The first-order valence-corrected chi connectivity index (χ1v) is 2.74. The molecule has 0 saturated carbocycles. The van der Waals surface area contributed by atoms with E-state index in [0.29, 0.717) is 0 Å². The molecule has 0 aromatic rings. The Morgan fingerprint density at radius 1 is 1.50 bits per heavy atom. The quantitative estimate of drug-likeness (QED) is 0.357. The lowest BCUT2D eigenvalue weighted by Crippen LogP contribution is -2.01. The minimum absolute atomic E-state index is 0.0608. The second-order valence-corrected chi connectivity index (χ2v) is 2.37. The van der Waals surface area contributed by atoms with Gasteiger partial charge >= 0.3 is 0 Å². The molecule has 0 amide bonds. The summed E-state index contributed by atoms with van der Waals surface area (Å²) >= 11 is 0. The van der Waals surface area contributed by atoms with E-state index < -0.39 is 0 Å². The first-order chi connectivity index (χ1) is 3.62. The summed E-state index contributed by atoms with van der Waals surface area (Å²) in [5.74, 6) is 2.66. The van der Waals surface area contributed by atoms with Crippen LogP contribution >= 0.6 is 0 Å². The van der Waals surface area contributed by atoms with Gasteiger partial charge in [-0.05, 0) is 20.8 Å². The molecule has 0 aromatic heterocycles. The fourth-order valence-electron chi connectivity index (χ4n) is 0.465. The fourth-order valence-corrected chi connectivity index (χ4v) is 0.465. The average molecular weight is 108 g/mol. The molecule has 0 rings (SSSR count). The fraction of sp³-hybridized carbons (Fsp3) is 0.500. The predicted octanol–water partition coefficient (Wildman–Crippen LogP) is 2.22. The molecule has 0 heterocycles. The van der Waals surface area contributed by atoms with Gasteiger partial charge in [0.1, 0.15) is 0 Å². The minimum atomic E-state index is -0.0608. The van der Waals surface area contributed by atoms with Gasteiger partial charge in [0.2, 0.25) is 0 Å². The zero-order valence-corrected chi connectivity index (χ0v) is 5.73. The molecular formula is C8H12. The van der Waals surface area contributed by atoms with Crippen LogP contribution in [-0.4, -0.2) is 0 Å². The van der Waals surface area contributed by atoms with E-state index in [2.05, 4.69) is 5.92 Å². The Hall–Kier alpha value is -0.700. The maximum Gasteiger partial charge on any atom is 0.0434 e. The highest BCUT2D eigenvalue weighted by atomic mass is 14.1. The van der Waals surface area contributed by atoms with Crippen LogP contribution in [0.3, 0.4) is 0 Å². The molecule has 44 valence electrons. The number of rotatable bonds is 1. The van der Waals surface area contributed by atoms with Crippen LogP contribution in [0.1, 0.15) is 20.8 Å². The molecule has 0 N–H and O–H groups in total. The predicted molar refractivity (Wildman–Crippen MR) is 37.4 cm³/mol. The van der Waals surface area contributed by atoms with E-state index in [1.807, 2.05) is 32.9 Å². The van der Waals surface area contributed by atoms with E-state index in [1.165, 1.54) is 0 Å². The van der Waals surface area contributed by atoms with Crippen LogP contribution < -0.4 is 0 Å². The molecule has 0 fully saturated rings. The van der Waals surface area contributed by atoms with Crippen molar-refractivity contribution in [2.45, 2.75) is 20.8 Å². The van der Waals surface area contributed by atoms with Crippen molar-refractivity contribution in [1.29, 1.82) is 0 Å². The summed E-state index contributed by atoms with van der Waals surface area (Å²) in [4.78, 5) is 0. The van der Waals surface area contributed by atoms with Crippen molar-refractivity contribution in [3.63, 3.8) is 0 Å².